The highest BCUT2D eigenvalue weighted by Crippen LogP contribution is 2.30. The minimum Gasteiger partial charge on any atom is -0.367 e. The highest BCUT2D eigenvalue weighted by Gasteiger charge is 2.22. The number of hydrogen-bond donors (Lipinski definition) is 3. The molecule has 1 heterocycles. The lowest BCUT2D eigenvalue weighted by molar-refractivity contribution is 0.0939. The van der Waals surface area contributed by atoms with Crippen molar-refractivity contribution in [1.29, 1.82) is 0 Å². The van der Waals surface area contributed by atoms with Gasteiger partial charge in [0.05, 0.1) is 16.3 Å². The molecule has 0 spiro atoms. The molecule has 1 fully saturated rings. The van der Waals surface area contributed by atoms with E-state index in [1.807, 2.05) is 32.0 Å². The van der Waals surface area contributed by atoms with Gasteiger partial charge in [0, 0.05) is 37.8 Å². The summed E-state index contributed by atoms with van der Waals surface area (Å²) in [7, 11) is -3.81. The van der Waals surface area contributed by atoms with Gasteiger partial charge in [-0.15, -0.1) is 0 Å². The van der Waals surface area contributed by atoms with Crippen molar-refractivity contribution >= 4 is 27.3 Å². The fraction of sp³-hybridized carbons (Fsp3) is 0.458. The second-order valence-electron chi connectivity index (χ2n) is 8.58. The Bertz CT molecular complexity index is 1030. The van der Waals surface area contributed by atoms with E-state index < -0.39 is 10.0 Å². The quantitative estimate of drug-likeness (QED) is 0.563. The Kier molecular flexibility index (Phi) is 7.79. The van der Waals surface area contributed by atoms with Crippen molar-refractivity contribution in [1.82, 2.24) is 10.6 Å². The Labute approximate surface area is 191 Å². The molecule has 32 heavy (non-hydrogen) atoms. The van der Waals surface area contributed by atoms with Gasteiger partial charge in [0.2, 0.25) is 0 Å². The van der Waals surface area contributed by atoms with Crippen LogP contribution in [0.5, 0.6) is 0 Å². The lowest BCUT2D eigenvalue weighted by Gasteiger charge is -2.31. The number of rotatable bonds is 8. The number of anilines is 2. The third kappa shape index (κ3) is 5.81. The second-order valence-corrected chi connectivity index (χ2v) is 10.3. The second kappa shape index (κ2) is 10.4. The zero-order valence-corrected chi connectivity index (χ0v) is 20.1. The summed E-state index contributed by atoms with van der Waals surface area (Å²) in [6.45, 7) is 11.2. The molecule has 0 aliphatic carbocycles. The molecule has 2 aromatic carbocycles. The first-order valence-electron chi connectivity index (χ1n) is 11.2. The topological polar surface area (TPSA) is 90.5 Å². The molecule has 0 saturated carbocycles. The van der Waals surface area contributed by atoms with Crippen LogP contribution in [-0.4, -0.2) is 46.5 Å². The van der Waals surface area contributed by atoms with E-state index in [0.29, 0.717) is 17.2 Å². The van der Waals surface area contributed by atoms with Crippen molar-refractivity contribution in [3.63, 3.8) is 0 Å². The third-order valence-corrected chi connectivity index (χ3v) is 7.19. The number of carbonyl (C=O) groups is 1. The first-order valence-corrected chi connectivity index (χ1v) is 12.7. The summed E-state index contributed by atoms with van der Waals surface area (Å²) in [5.41, 5.74) is 2.69. The van der Waals surface area contributed by atoms with E-state index in [2.05, 4.69) is 34.1 Å². The Hall–Kier alpha value is -2.58. The normalized spacial score (nSPS) is 15.5. The van der Waals surface area contributed by atoms with Crippen LogP contribution in [0.1, 0.15) is 56.0 Å². The molecule has 2 aromatic rings. The summed E-state index contributed by atoms with van der Waals surface area (Å²) in [6, 6.07) is 12.2. The van der Waals surface area contributed by atoms with Gasteiger partial charge in [0.15, 0.2) is 0 Å². The lowest BCUT2D eigenvalue weighted by atomic mass is 10.0. The maximum absolute atomic E-state index is 13.2. The number of benzene rings is 2. The Morgan fingerprint density at radius 2 is 1.72 bits per heavy atom. The molecule has 8 heteroatoms. The van der Waals surface area contributed by atoms with Crippen molar-refractivity contribution in [2.24, 2.45) is 0 Å². The highest BCUT2D eigenvalue weighted by molar-refractivity contribution is 7.92. The lowest BCUT2D eigenvalue weighted by Crippen LogP contribution is -2.43. The number of amides is 1. The minimum absolute atomic E-state index is 0.0370. The van der Waals surface area contributed by atoms with Crippen molar-refractivity contribution < 1.29 is 13.2 Å². The van der Waals surface area contributed by atoms with E-state index >= 15 is 0 Å². The van der Waals surface area contributed by atoms with E-state index in [1.54, 1.807) is 24.3 Å². The molecular weight excluding hydrogens is 424 g/mol. The summed E-state index contributed by atoms with van der Waals surface area (Å²) in [6.07, 6.45) is 0.816. The first-order chi connectivity index (χ1) is 15.2. The first kappa shape index (κ1) is 24.1. The van der Waals surface area contributed by atoms with E-state index in [1.165, 1.54) is 0 Å². The Morgan fingerprint density at radius 3 is 2.31 bits per heavy atom. The van der Waals surface area contributed by atoms with Crippen molar-refractivity contribution in [2.45, 2.75) is 51.0 Å². The van der Waals surface area contributed by atoms with Gasteiger partial charge in [-0.1, -0.05) is 32.9 Å². The van der Waals surface area contributed by atoms with Gasteiger partial charge in [0.1, 0.15) is 0 Å². The van der Waals surface area contributed by atoms with Gasteiger partial charge in [-0.05, 0) is 55.2 Å². The van der Waals surface area contributed by atoms with Crippen molar-refractivity contribution in [3.8, 4) is 0 Å². The van der Waals surface area contributed by atoms with Crippen LogP contribution in [0.25, 0.3) is 0 Å². The molecule has 1 aliphatic heterocycles. The van der Waals surface area contributed by atoms with Crippen molar-refractivity contribution in [3.05, 3.63) is 53.6 Å². The molecule has 0 aromatic heterocycles. The van der Waals surface area contributed by atoms with Crippen LogP contribution in [0.4, 0.5) is 11.4 Å². The summed E-state index contributed by atoms with van der Waals surface area (Å²) in [5, 5.41) is 6.25. The fourth-order valence-electron chi connectivity index (χ4n) is 3.59. The van der Waals surface area contributed by atoms with E-state index in [9.17, 15) is 13.2 Å². The average molecular weight is 459 g/mol. The highest BCUT2D eigenvalue weighted by atomic mass is 32.2. The third-order valence-electron chi connectivity index (χ3n) is 5.81. The van der Waals surface area contributed by atoms with Gasteiger partial charge in [-0.3, -0.25) is 9.52 Å². The van der Waals surface area contributed by atoms with Gasteiger partial charge in [-0.25, -0.2) is 8.42 Å². The molecule has 3 N–H and O–H groups in total. The molecule has 1 saturated heterocycles. The average Bonchev–Trinajstić information content (AvgIpc) is 2.79. The van der Waals surface area contributed by atoms with Crippen LogP contribution < -0.4 is 20.3 Å². The van der Waals surface area contributed by atoms with Crippen LogP contribution in [-0.2, 0) is 10.0 Å². The van der Waals surface area contributed by atoms with Crippen LogP contribution >= 0.6 is 0 Å². The predicted octanol–water partition coefficient (Wildman–Crippen LogP) is 3.55. The minimum atomic E-state index is -3.81. The number of sulfonamides is 1. The van der Waals surface area contributed by atoms with E-state index in [4.69, 9.17) is 0 Å². The summed E-state index contributed by atoms with van der Waals surface area (Å²) in [5.74, 6) is 0.104. The fourth-order valence-corrected chi connectivity index (χ4v) is 4.65. The van der Waals surface area contributed by atoms with Gasteiger partial charge in [-0.2, -0.15) is 0 Å². The standard InChI is InChI=1S/C24H34N4O3S/c1-5-18(4)26-24(29)20-8-11-23(28-14-12-25-13-15-28)22(16-20)27-32(30,31)21-9-6-19(7-10-21)17(2)3/h6-11,16-18,25,27H,5,12-15H2,1-4H3,(H,26,29)/t18-/m0/s1. The number of nitrogens with one attached hydrogen (secondary N) is 3. The molecule has 174 valence electrons. The smallest absolute Gasteiger partial charge is 0.261 e. The monoisotopic (exact) mass is 458 g/mol. The van der Waals surface area contributed by atoms with Gasteiger partial charge >= 0.3 is 0 Å². The Morgan fingerprint density at radius 1 is 1.06 bits per heavy atom. The largest absolute Gasteiger partial charge is 0.367 e. The number of nitrogens with zero attached hydrogens (tertiary/aromatic N) is 1. The SMILES string of the molecule is CC[C@H](C)NC(=O)c1ccc(N2CCNCC2)c(NS(=O)(=O)c2ccc(C(C)C)cc2)c1. The Balaban J connectivity index is 1.95. The van der Waals surface area contributed by atoms with Crippen LogP contribution in [0.2, 0.25) is 0 Å². The molecule has 1 atom stereocenters. The zero-order valence-electron chi connectivity index (χ0n) is 19.3. The van der Waals surface area contributed by atoms with Gasteiger partial charge < -0.3 is 15.5 Å². The van der Waals surface area contributed by atoms with Crippen molar-refractivity contribution in [2.75, 3.05) is 35.8 Å². The molecule has 3 rings (SSSR count). The molecule has 1 aliphatic rings. The number of piperazine rings is 1. The van der Waals surface area contributed by atoms with Gasteiger partial charge in [0.25, 0.3) is 15.9 Å². The molecule has 0 bridgehead atoms. The maximum atomic E-state index is 13.2. The maximum Gasteiger partial charge on any atom is 0.261 e. The van der Waals surface area contributed by atoms with E-state index in [-0.39, 0.29) is 16.8 Å². The van der Waals surface area contributed by atoms with Crippen LogP contribution in [0.15, 0.2) is 47.4 Å². The number of hydrogen-bond acceptors (Lipinski definition) is 5. The predicted molar refractivity (Wildman–Crippen MR) is 130 cm³/mol. The number of carbonyl (C=O) groups excluding carboxylic acids is 1. The molecule has 1 amide bonds. The summed E-state index contributed by atoms with van der Waals surface area (Å²) in [4.78, 5) is 15.0. The molecule has 0 radical (unpaired) electrons. The zero-order chi connectivity index (χ0) is 23.3. The van der Waals surface area contributed by atoms with Crippen LogP contribution in [0.3, 0.4) is 0 Å². The molecule has 7 nitrogen and oxygen atoms in total. The van der Waals surface area contributed by atoms with E-state index in [0.717, 1.165) is 43.9 Å². The molecule has 0 unspecified atom stereocenters. The summed E-state index contributed by atoms with van der Waals surface area (Å²) >= 11 is 0. The summed E-state index contributed by atoms with van der Waals surface area (Å²) < 4.78 is 29.1. The van der Waals surface area contributed by atoms with Crippen LogP contribution in [0, 0.1) is 0 Å². The molecular formula is C24H34N4O3S.